The van der Waals surface area contributed by atoms with Crippen LogP contribution in [0, 0.1) is 0 Å². The van der Waals surface area contributed by atoms with Crippen LogP contribution in [-0.2, 0) is 22.7 Å². The second-order valence-corrected chi connectivity index (χ2v) is 9.00. The minimum atomic E-state index is -4.55. The van der Waals surface area contributed by atoms with Gasteiger partial charge in [0, 0.05) is 12.5 Å². The largest absolute Gasteiger partial charge is 0.416 e. The number of hydrogen-bond acceptors (Lipinski definition) is 4. The molecule has 0 radical (unpaired) electrons. The van der Waals surface area contributed by atoms with E-state index in [4.69, 9.17) is 0 Å². The zero-order valence-corrected chi connectivity index (χ0v) is 17.0. The van der Waals surface area contributed by atoms with E-state index in [0.717, 1.165) is 25.0 Å². The minimum Gasteiger partial charge on any atom is -0.247 e. The summed E-state index contributed by atoms with van der Waals surface area (Å²) >= 11 is 0. The van der Waals surface area contributed by atoms with Crippen LogP contribution in [0.4, 0.5) is 13.2 Å². The van der Waals surface area contributed by atoms with E-state index in [1.165, 1.54) is 9.25 Å². The first kappa shape index (κ1) is 21.3. The highest BCUT2D eigenvalue weighted by atomic mass is 32.2. The molecular weight excluding hydrogens is 433 g/mol. The number of nitrogens with one attached hydrogen (secondary N) is 1. The zero-order valence-electron chi connectivity index (χ0n) is 16.2. The van der Waals surface area contributed by atoms with Crippen molar-refractivity contribution in [1.82, 2.24) is 19.1 Å². The van der Waals surface area contributed by atoms with Gasteiger partial charge in [-0.3, -0.25) is 0 Å². The molecule has 0 spiro atoms. The van der Waals surface area contributed by atoms with Gasteiger partial charge in [0.2, 0.25) is 10.0 Å². The Balaban J connectivity index is 1.49. The molecule has 3 aromatic rings. The van der Waals surface area contributed by atoms with Crippen molar-refractivity contribution in [3.8, 4) is 5.69 Å². The predicted molar refractivity (Wildman–Crippen MR) is 106 cm³/mol. The van der Waals surface area contributed by atoms with Gasteiger partial charge in [-0.25, -0.2) is 27.2 Å². The van der Waals surface area contributed by atoms with E-state index in [0.29, 0.717) is 23.6 Å². The van der Waals surface area contributed by atoms with Crippen LogP contribution in [0.15, 0.2) is 64.3 Å². The van der Waals surface area contributed by atoms with Crippen LogP contribution in [-0.4, -0.2) is 29.3 Å². The van der Waals surface area contributed by atoms with Gasteiger partial charge in [-0.05, 0) is 49.2 Å². The Morgan fingerprint density at radius 1 is 1.03 bits per heavy atom. The lowest BCUT2D eigenvalue weighted by Gasteiger charge is -2.09. The molecule has 0 unspecified atom stereocenters. The smallest absolute Gasteiger partial charge is 0.247 e. The molecule has 1 saturated carbocycles. The number of nitrogens with zero attached hydrogens (tertiary/aromatic N) is 3. The summed E-state index contributed by atoms with van der Waals surface area (Å²) in [7, 11) is -4.03. The van der Waals surface area contributed by atoms with E-state index in [1.807, 2.05) is 18.2 Å². The normalized spacial score (nSPS) is 14.7. The molecule has 0 atom stereocenters. The van der Waals surface area contributed by atoms with Crippen molar-refractivity contribution >= 4 is 10.0 Å². The fourth-order valence-corrected chi connectivity index (χ4v) is 4.21. The summed E-state index contributed by atoms with van der Waals surface area (Å²) in [6.45, 7) is -0.155. The first-order chi connectivity index (χ1) is 14.7. The third-order valence-electron chi connectivity index (χ3n) is 4.93. The van der Waals surface area contributed by atoms with Crippen molar-refractivity contribution in [2.45, 2.75) is 36.4 Å². The zero-order chi connectivity index (χ0) is 22.2. The lowest BCUT2D eigenvalue weighted by atomic mass is 10.2. The van der Waals surface area contributed by atoms with Gasteiger partial charge in [0.1, 0.15) is 5.82 Å². The van der Waals surface area contributed by atoms with E-state index in [9.17, 15) is 26.4 Å². The Morgan fingerprint density at radius 2 is 1.68 bits per heavy atom. The average molecular weight is 452 g/mol. The number of rotatable bonds is 7. The van der Waals surface area contributed by atoms with Crippen LogP contribution < -0.4 is 10.4 Å². The number of halogens is 3. The van der Waals surface area contributed by atoms with Gasteiger partial charge in [0.05, 0.1) is 22.7 Å². The number of alkyl halides is 3. The monoisotopic (exact) mass is 452 g/mol. The Kier molecular flexibility index (Phi) is 5.48. The maximum atomic E-state index is 12.9. The standard InChI is InChI=1S/C20H19F3N4O3S/c21-20(22,23)15-8-10-17(11-9-15)31(29,30)24-12-13-26-19(28)27(16-4-2-1-3-5-16)18(25-26)14-6-7-14/h1-5,8-11,14,24H,6-7,12-13H2. The summed E-state index contributed by atoms with van der Waals surface area (Å²) in [4.78, 5) is 12.6. The van der Waals surface area contributed by atoms with Crippen molar-refractivity contribution in [2.24, 2.45) is 0 Å². The maximum Gasteiger partial charge on any atom is 0.416 e. The van der Waals surface area contributed by atoms with Crippen molar-refractivity contribution in [1.29, 1.82) is 0 Å². The summed E-state index contributed by atoms with van der Waals surface area (Å²) in [5.74, 6) is 0.833. The van der Waals surface area contributed by atoms with Crippen LogP contribution in [0.2, 0.25) is 0 Å². The molecule has 1 aromatic heterocycles. The van der Waals surface area contributed by atoms with Gasteiger partial charge in [0.25, 0.3) is 0 Å². The molecule has 1 aliphatic rings. The molecule has 1 N–H and O–H groups in total. The fraction of sp³-hybridized carbons (Fsp3) is 0.300. The third kappa shape index (κ3) is 4.57. The van der Waals surface area contributed by atoms with E-state index in [2.05, 4.69) is 9.82 Å². The summed E-state index contributed by atoms with van der Waals surface area (Å²) in [6.07, 6.45) is -2.68. The first-order valence-electron chi connectivity index (χ1n) is 9.59. The van der Waals surface area contributed by atoms with Gasteiger partial charge in [0.15, 0.2) is 0 Å². The molecule has 0 saturated heterocycles. The summed E-state index contributed by atoms with van der Waals surface area (Å²) in [5.41, 5.74) is -0.620. The quantitative estimate of drug-likeness (QED) is 0.597. The number of hydrogen-bond donors (Lipinski definition) is 1. The lowest BCUT2D eigenvalue weighted by molar-refractivity contribution is -0.137. The van der Waals surface area contributed by atoms with Gasteiger partial charge in [-0.15, -0.1) is 0 Å². The molecule has 4 rings (SSSR count). The maximum absolute atomic E-state index is 12.9. The predicted octanol–water partition coefficient (Wildman–Crippen LogP) is 2.91. The molecule has 0 aliphatic heterocycles. The SMILES string of the molecule is O=c1n(CCNS(=O)(=O)c2ccc(C(F)(F)F)cc2)nc(C2CC2)n1-c1ccccc1. The molecule has 0 amide bonds. The van der Waals surface area contributed by atoms with Crippen molar-refractivity contribution in [2.75, 3.05) is 6.54 Å². The molecule has 2 aromatic carbocycles. The summed E-state index contributed by atoms with van der Waals surface area (Å²) < 4.78 is 67.8. The highest BCUT2D eigenvalue weighted by Crippen LogP contribution is 2.39. The van der Waals surface area contributed by atoms with Gasteiger partial charge in [-0.2, -0.15) is 18.3 Å². The van der Waals surface area contributed by atoms with Crippen molar-refractivity contribution < 1.29 is 21.6 Å². The van der Waals surface area contributed by atoms with Crippen molar-refractivity contribution in [3.05, 3.63) is 76.5 Å². The van der Waals surface area contributed by atoms with E-state index >= 15 is 0 Å². The van der Waals surface area contributed by atoms with Crippen LogP contribution in [0.25, 0.3) is 5.69 Å². The van der Waals surface area contributed by atoms with Gasteiger partial charge in [-0.1, -0.05) is 18.2 Å². The van der Waals surface area contributed by atoms with Gasteiger partial charge >= 0.3 is 11.9 Å². The fourth-order valence-electron chi connectivity index (χ4n) is 3.19. The topological polar surface area (TPSA) is 86.0 Å². The second-order valence-electron chi connectivity index (χ2n) is 7.23. The van der Waals surface area contributed by atoms with Crippen molar-refractivity contribution in [3.63, 3.8) is 0 Å². The first-order valence-corrected chi connectivity index (χ1v) is 11.1. The van der Waals surface area contributed by atoms with Gasteiger partial charge < -0.3 is 0 Å². The Morgan fingerprint density at radius 3 is 2.26 bits per heavy atom. The molecule has 1 fully saturated rings. The van der Waals surface area contributed by atoms with E-state index in [1.54, 1.807) is 12.1 Å². The number of benzene rings is 2. The average Bonchev–Trinajstić information content (AvgIpc) is 3.52. The van der Waals surface area contributed by atoms with E-state index < -0.39 is 21.8 Å². The van der Waals surface area contributed by atoms with Crippen LogP contribution >= 0.6 is 0 Å². The molecule has 7 nitrogen and oxygen atoms in total. The third-order valence-corrected chi connectivity index (χ3v) is 6.41. The number of aromatic nitrogens is 3. The Labute approximate surface area is 176 Å². The second kappa shape index (κ2) is 7.97. The highest BCUT2D eigenvalue weighted by Gasteiger charge is 2.32. The molecular formula is C20H19F3N4O3S. The molecule has 164 valence electrons. The van der Waals surface area contributed by atoms with Crippen LogP contribution in [0.3, 0.4) is 0 Å². The Hall–Kier alpha value is -2.92. The van der Waals surface area contributed by atoms with Crippen LogP contribution in [0.1, 0.15) is 30.1 Å². The molecule has 11 heteroatoms. The molecule has 0 bridgehead atoms. The summed E-state index contributed by atoms with van der Waals surface area (Å²) in [5, 5.41) is 4.39. The molecule has 31 heavy (non-hydrogen) atoms. The summed E-state index contributed by atoms with van der Waals surface area (Å²) in [6, 6.07) is 12.3. The Bertz CT molecular complexity index is 1230. The number of para-hydroxylation sites is 1. The molecule has 1 heterocycles. The van der Waals surface area contributed by atoms with E-state index in [-0.39, 0.29) is 29.6 Å². The lowest BCUT2D eigenvalue weighted by Crippen LogP contribution is -2.32. The molecule has 1 aliphatic carbocycles. The van der Waals surface area contributed by atoms with Crippen LogP contribution in [0.5, 0.6) is 0 Å². The highest BCUT2D eigenvalue weighted by molar-refractivity contribution is 7.89. The minimum absolute atomic E-state index is 0.0156. The number of sulfonamides is 1.